The first-order chi connectivity index (χ1) is 20.7. The van der Waals surface area contributed by atoms with Crippen LogP contribution in [0, 0.1) is 0 Å². The molecule has 2 aliphatic heterocycles. The normalized spacial score (nSPS) is 19.4. The molecule has 0 aromatic heterocycles. The predicted molar refractivity (Wildman–Crippen MR) is 145 cm³/mol. The summed E-state index contributed by atoms with van der Waals surface area (Å²) < 4.78 is 78.0. The lowest BCUT2D eigenvalue weighted by Gasteiger charge is -2.19. The van der Waals surface area contributed by atoms with Gasteiger partial charge in [-0.3, -0.25) is 19.2 Å². The van der Waals surface area contributed by atoms with Crippen molar-refractivity contribution >= 4 is 35.0 Å². The third-order valence-electron chi connectivity index (χ3n) is 7.27. The average molecular weight is 619 g/mol. The quantitative estimate of drug-likeness (QED) is 0.284. The molecule has 2 fully saturated rings. The number of benzene rings is 3. The molecule has 2 saturated heterocycles. The fourth-order valence-electron chi connectivity index (χ4n) is 5.07. The van der Waals surface area contributed by atoms with Gasteiger partial charge in [-0.15, -0.1) is 0 Å². The number of nitrogens with zero attached hydrogens (tertiary/aromatic N) is 2. The van der Waals surface area contributed by atoms with E-state index in [2.05, 4.69) is 10.6 Å². The Morgan fingerprint density at radius 1 is 0.591 bits per heavy atom. The van der Waals surface area contributed by atoms with E-state index in [-0.39, 0.29) is 48.4 Å². The lowest BCUT2D eigenvalue weighted by molar-refractivity contribution is -0.138. The van der Waals surface area contributed by atoms with Gasteiger partial charge in [-0.2, -0.15) is 26.3 Å². The summed E-state index contributed by atoms with van der Waals surface area (Å²) in [5, 5.41) is 5.65. The molecule has 0 spiro atoms. The van der Waals surface area contributed by atoms with Crippen molar-refractivity contribution in [2.24, 2.45) is 0 Å². The first-order valence-electron chi connectivity index (χ1n) is 13.3. The van der Waals surface area contributed by atoms with Crippen molar-refractivity contribution in [3.8, 4) is 0 Å². The number of carbonyl (C=O) groups excluding carboxylic acids is 4. The molecular weight excluding hydrogens is 594 g/mol. The summed E-state index contributed by atoms with van der Waals surface area (Å²) in [6.07, 6.45) is -9.48. The minimum Gasteiger partial charge on any atom is -0.301 e. The molecule has 44 heavy (non-hydrogen) atoms. The van der Waals surface area contributed by atoms with Gasteiger partial charge >= 0.3 is 12.4 Å². The lowest BCUT2D eigenvalue weighted by atomic mass is 10.1. The van der Waals surface area contributed by atoms with Crippen molar-refractivity contribution in [3.05, 3.63) is 95.1 Å². The summed E-state index contributed by atoms with van der Waals surface area (Å²) in [5.74, 6) is -2.31. The Labute approximate surface area is 246 Å². The standard InChI is InChI=1S/C30H24F6N4O4/c31-29(32,33)19-5-1-3-17(11-19)15-37-23-13-25(41)39(27(23)43)21-7-9-22(10-8-21)40-26(42)14-24(28(40)44)38-16-18-4-2-6-20(12-18)30(34,35)36/h1-12,23-24,37-38H,13-16H2/t23-,24-/m0/s1. The Bertz CT molecular complexity index is 1490. The Balaban J connectivity index is 1.21. The molecule has 0 unspecified atom stereocenters. The van der Waals surface area contributed by atoms with Gasteiger partial charge in [-0.25, -0.2) is 9.80 Å². The minimum atomic E-state index is -4.52. The van der Waals surface area contributed by atoms with Gasteiger partial charge in [0.15, 0.2) is 0 Å². The van der Waals surface area contributed by atoms with E-state index >= 15 is 0 Å². The van der Waals surface area contributed by atoms with E-state index in [9.17, 15) is 45.5 Å². The number of hydrogen-bond acceptors (Lipinski definition) is 6. The van der Waals surface area contributed by atoms with Crippen molar-refractivity contribution in [1.82, 2.24) is 10.6 Å². The fourth-order valence-corrected chi connectivity index (χ4v) is 5.07. The maximum absolute atomic E-state index is 13.0. The van der Waals surface area contributed by atoms with Gasteiger partial charge in [-0.05, 0) is 47.5 Å². The van der Waals surface area contributed by atoms with Crippen LogP contribution in [0.3, 0.4) is 0 Å². The number of anilines is 2. The van der Waals surface area contributed by atoms with Crippen molar-refractivity contribution in [2.75, 3.05) is 9.80 Å². The molecule has 0 bridgehead atoms. The Morgan fingerprint density at radius 2 is 0.955 bits per heavy atom. The number of nitrogens with one attached hydrogen (secondary N) is 2. The van der Waals surface area contributed by atoms with E-state index in [1.165, 1.54) is 48.5 Å². The number of imide groups is 2. The summed E-state index contributed by atoms with van der Waals surface area (Å²) in [4.78, 5) is 53.2. The van der Waals surface area contributed by atoms with Gasteiger partial charge in [0, 0.05) is 13.1 Å². The molecule has 0 radical (unpaired) electrons. The number of halogens is 6. The monoisotopic (exact) mass is 618 g/mol. The van der Waals surface area contributed by atoms with Crippen molar-refractivity contribution in [1.29, 1.82) is 0 Å². The summed E-state index contributed by atoms with van der Waals surface area (Å²) >= 11 is 0. The number of alkyl halides is 6. The number of carbonyl (C=O) groups is 4. The van der Waals surface area contributed by atoms with E-state index < -0.39 is 59.2 Å². The predicted octanol–water partition coefficient (Wildman–Crippen LogP) is 4.57. The first kappa shape index (κ1) is 30.9. The molecule has 230 valence electrons. The van der Waals surface area contributed by atoms with E-state index in [0.29, 0.717) is 0 Å². The largest absolute Gasteiger partial charge is 0.416 e. The second-order valence-corrected chi connectivity index (χ2v) is 10.3. The molecule has 14 heteroatoms. The lowest BCUT2D eigenvalue weighted by Crippen LogP contribution is -2.39. The summed E-state index contributed by atoms with van der Waals surface area (Å²) in [6.45, 7) is -0.162. The highest BCUT2D eigenvalue weighted by atomic mass is 19.4. The highest BCUT2D eigenvalue weighted by molar-refractivity contribution is 6.24. The van der Waals surface area contributed by atoms with Gasteiger partial charge in [0.2, 0.25) is 11.8 Å². The molecule has 2 N–H and O–H groups in total. The molecule has 4 amide bonds. The van der Waals surface area contributed by atoms with E-state index in [1.807, 2.05) is 0 Å². The van der Waals surface area contributed by atoms with Crippen LogP contribution in [0.5, 0.6) is 0 Å². The molecule has 0 aliphatic carbocycles. The summed E-state index contributed by atoms with van der Waals surface area (Å²) in [7, 11) is 0. The second-order valence-electron chi connectivity index (χ2n) is 10.3. The van der Waals surface area contributed by atoms with Crippen LogP contribution >= 0.6 is 0 Å². The van der Waals surface area contributed by atoms with Crippen LogP contribution < -0.4 is 20.4 Å². The van der Waals surface area contributed by atoms with Crippen LogP contribution in [-0.4, -0.2) is 35.7 Å². The molecule has 2 atom stereocenters. The number of hydrogen-bond donors (Lipinski definition) is 2. The number of rotatable bonds is 8. The van der Waals surface area contributed by atoms with Crippen LogP contribution in [0.25, 0.3) is 0 Å². The molecule has 0 saturated carbocycles. The van der Waals surface area contributed by atoms with E-state index in [0.717, 1.165) is 34.1 Å². The van der Waals surface area contributed by atoms with E-state index in [1.54, 1.807) is 0 Å². The molecule has 8 nitrogen and oxygen atoms in total. The SMILES string of the molecule is O=C1C[C@H](NCc2cccc(C(F)(F)F)c2)C(=O)N1c1ccc(N2C(=O)C[C@H](NCc3cccc(C(F)(F)F)c3)C2=O)cc1. The second kappa shape index (κ2) is 11.8. The van der Waals surface area contributed by atoms with Gasteiger partial charge in [0.1, 0.15) is 0 Å². The summed E-state index contributed by atoms with van der Waals surface area (Å²) in [6, 6.07) is 12.8. The zero-order valence-electron chi connectivity index (χ0n) is 22.7. The number of amides is 4. The minimum absolute atomic E-state index is 0.0808. The molecule has 3 aromatic rings. The van der Waals surface area contributed by atoms with Crippen LogP contribution in [0.4, 0.5) is 37.7 Å². The van der Waals surface area contributed by atoms with Crippen molar-refractivity contribution < 1.29 is 45.5 Å². The van der Waals surface area contributed by atoms with Crippen LogP contribution in [0.15, 0.2) is 72.8 Å². The Morgan fingerprint density at radius 3 is 1.30 bits per heavy atom. The third-order valence-corrected chi connectivity index (χ3v) is 7.27. The molecule has 5 rings (SSSR count). The smallest absolute Gasteiger partial charge is 0.301 e. The van der Waals surface area contributed by atoms with Gasteiger partial charge in [0.25, 0.3) is 11.8 Å². The molecule has 3 aromatic carbocycles. The zero-order valence-corrected chi connectivity index (χ0v) is 22.7. The topological polar surface area (TPSA) is 98.8 Å². The van der Waals surface area contributed by atoms with Crippen molar-refractivity contribution in [2.45, 2.75) is 50.4 Å². The summed E-state index contributed by atoms with van der Waals surface area (Å²) in [5.41, 5.74) is -0.757. The fraction of sp³-hybridized carbons (Fsp3) is 0.267. The van der Waals surface area contributed by atoms with Gasteiger partial charge < -0.3 is 10.6 Å². The average Bonchev–Trinajstić information content (AvgIpc) is 3.42. The first-order valence-corrected chi connectivity index (χ1v) is 13.3. The van der Waals surface area contributed by atoms with Crippen LogP contribution in [0.2, 0.25) is 0 Å². The molecular formula is C30H24F6N4O4. The molecule has 2 heterocycles. The third kappa shape index (κ3) is 6.50. The van der Waals surface area contributed by atoms with Gasteiger partial charge in [-0.1, -0.05) is 36.4 Å². The molecule has 2 aliphatic rings. The highest BCUT2D eigenvalue weighted by Crippen LogP contribution is 2.32. The maximum atomic E-state index is 13.0. The van der Waals surface area contributed by atoms with Crippen LogP contribution in [0.1, 0.15) is 35.1 Å². The van der Waals surface area contributed by atoms with E-state index in [4.69, 9.17) is 0 Å². The van der Waals surface area contributed by atoms with Crippen molar-refractivity contribution in [3.63, 3.8) is 0 Å². The Hall–Kier alpha value is -4.56. The Kier molecular flexibility index (Phi) is 8.32. The van der Waals surface area contributed by atoms with Gasteiger partial charge in [0.05, 0.1) is 47.4 Å². The maximum Gasteiger partial charge on any atom is 0.416 e. The zero-order chi connectivity index (χ0) is 31.8. The highest BCUT2D eigenvalue weighted by Gasteiger charge is 2.41. The van der Waals surface area contributed by atoms with Crippen LogP contribution in [-0.2, 0) is 44.6 Å².